The van der Waals surface area contributed by atoms with Gasteiger partial charge < -0.3 is 19.2 Å². The maximum atomic E-state index is 14.5. The highest BCUT2D eigenvalue weighted by molar-refractivity contribution is 7.89. The third-order valence-corrected chi connectivity index (χ3v) is 6.99. The Morgan fingerprint density at radius 1 is 1.16 bits per heavy atom. The highest BCUT2D eigenvalue weighted by Gasteiger charge is 2.29. The van der Waals surface area contributed by atoms with Crippen molar-refractivity contribution < 1.29 is 31.5 Å². The van der Waals surface area contributed by atoms with E-state index in [1.165, 1.54) is 29.6 Å². The summed E-state index contributed by atoms with van der Waals surface area (Å²) in [5.74, 6) is -0.893. The molecule has 31 heavy (non-hydrogen) atoms. The average molecular weight is 469 g/mol. The third-order valence-electron chi connectivity index (χ3n) is 4.80. The van der Waals surface area contributed by atoms with Gasteiger partial charge in [0.25, 0.3) is 5.95 Å². The van der Waals surface area contributed by atoms with Gasteiger partial charge in [-0.3, -0.25) is 0 Å². The van der Waals surface area contributed by atoms with E-state index >= 15 is 0 Å². The van der Waals surface area contributed by atoms with Gasteiger partial charge in [0.15, 0.2) is 5.58 Å². The molecule has 1 fully saturated rings. The number of hydrogen-bond donors (Lipinski definition) is 1. The molecule has 0 spiro atoms. The summed E-state index contributed by atoms with van der Waals surface area (Å²) in [6, 6.07) is 8.58. The molecule has 0 aliphatic carbocycles. The number of hydrogen-bond acceptors (Lipinski definition) is 6. The summed E-state index contributed by atoms with van der Waals surface area (Å²) < 4.78 is 57.2. The number of sulfonamides is 1. The maximum absolute atomic E-state index is 14.5. The summed E-state index contributed by atoms with van der Waals surface area (Å²) in [6.07, 6.45) is -0.702. The number of morpholine rings is 1. The van der Waals surface area contributed by atoms with Crippen molar-refractivity contribution in [3.05, 3.63) is 47.2 Å². The predicted molar refractivity (Wildman–Crippen MR) is 111 cm³/mol. The molecule has 1 aliphatic rings. The van der Waals surface area contributed by atoms with Crippen molar-refractivity contribution in [2.45, 2.75) is 4.90 Å². The maximum Gasteiger partial charge on any atom is 0.414 e. The Bertz CT molecular complexity index is 1250. The average Bonchev–Trinajstić information content (AvgIpc) is 3.17. The van der Waals surface area contributed by atoms with Crippen LogP contribution < -0.4 is 10.1 Å². The molecule has 1 amide bonds. The first-order valence-electron chi connectivity index (χ1n) is 9.30. The largest absolute Gasteiger partial charge is 0.424 e. The Kier molecular flexibility index (Phi) is 5.89. The molecule has 4 rings (SSSR count). The van der Waals surface area contributed by atoms with Gasteiger partial charge in [-0.2, -0.15) is 4.31 Å². The second-order valence-corrected chi connectivity index (χ2v) is 9.06. The van der Waals surface area contributed by atoms with Crippen molar-refractivity contribution in [2.24, 2.45) is 0 Å². The van der Waals surface area contributed by atoms with Gasteiger partial charge in [-0.05, 0) is 35.4 Å². The Balaban J connectivity index is 1.74. The first-order valence-corrected chi connectivity index (χ1v) is 11.1. The lowest BCUT2D eigenvalue weighted by atomic mass is 10.0. The third kappa shape index (κ3) is 4.24. The molecule has 0 atom stereocenters. The number of rotatable bonds is 4. The van der Waals surface area contributed by atoms with Gasteiger partial charge in [-0.25, -0.2) is 17.6 Å². The molecule has 0 bridgehead atoms. The number of furan rings is 1. The Labute approximate surface area is 182 Å². The summed E-state index contributed by atoms with van der Waals surface area (Å²) in [4.78, 5) is 11.0. The second kappa shape index (κ2) is 8.46. The first-order chi connectivity index (χ1) is 14.8. The molecular formula is C20H18ClFN2O6S. The van der Waals surface area contributed by atoms with Crippen molar-refractivity contribution in [1.29, 1.82) is 0 Å². The second-order valence-electron chi connectivity index (χ2n) is 6.74. The van der Waals surface area contributed by atoms with Crippen molar-refractivity contribution in [3.8, 4) is 17.1 Å². The van der Waals surface area contributed by atoms with Crippen LogP contribution in [-0.4, -0.2) is 52.2 Å². The highest BCUT2D eigenvalue weighted by Crippen LogP contribution is 2.36. The minimum Gasteiger partial charge on any atom is -0.424 e. The number of halogens is 2. The van der Waals surface area contributed by atoms with E-state index < -0.39 is 26.8 Å². The molecule has 1 aromatic heterocycles. The van der Waals surface area contributed by atoms with Crippen molar-refractivity contribution in [3.63, 3.8) is 0 Å². The van der Waals surface area contributed by atoms with Gasteiger partial charge >= 0.3 is 6.09 Å². The molecule has 164 valence electrons. The fourth-order valence-corrected chi connectivity index (χ4v) is 5.02. The smallest absolute Gasteiger partial charge is 0.414 e. The van der Waals surface area contributed by atoms with Gasteiger partial charge in [0.05, 0.1) is 18.2 Å². The molecule has 8 nitrogen and oxygen atoms in total. The van der Waals surface area contributed by atoms with E-state index in [1.807, 2.05) is 0 Å². The minimum absolute atomic E-state index is 0.0527. The van der Waals surface area contributed by atoms with Crippen molar-refractivity contribution >= 4 is 38.7 Å². The van der Waals surface area contributed by atoms with Crippen LogP contribution in [-0.2, 0) is 14.8 Å². The lowest BCUT2D eigenvalue weighted by molar-refractivity contribution is 0.0729. The van der Waals surface area contributed by atoms with Gasteiger partial charge in [-0.15, -0.1) is 0 Å². The normalized spacial score (nSPS) is 15.2. The SMILES string of the molecule is CNC(=O)Oc1cc2cc(-c3ccc(F)c(S(=O)(=O)N4CCOCC4)c3)cc(Cl)c2o1. The van der Waals surface area contributed by atoms with E-state index in [0.717, 1.165) is 6.07 Å². The van der Waals surface area contributed by atoms with Crippen LogP contribution >= 0.6 is 11.6 Å². The monoisotopic (exact) mass is 468 g/mol. The van der Waals surface area contributed by atoms with E-state index in [1.54, 1.807) is 12.1 Å². The van der Waals surface area contributed by atoms with Crippen LogP contribution in [0.25, 0.3) is 22.1 Å². The summed E-state index contributed by atoms with van der Waals surface area (Å²) in [5, 5.41) is 3.06. The van der Waals surface area contributed by atoms with Crippen LogP contribution in [0, 0.1) is 5.82 Å². The molecule has 0 radical (unpaired) electrons. The summed E-state index contributed by atoms with van der Waals surface area (Å²) in [6.45, 7) is 0.835. The number of amides is 1. The summed E-state index contributed by atoms with van der Waals surface area (Å²) in [7, 11) is -2.62. The highest BCUT2D eigenvalue weighted by atomic mass is 35.5. The van der Waals surface area contributed by atoms with E-state index in [0.29, 0.717) is 22.1 Å². The molecule has 11 heteroatoms. The molecule has 3 aromatic rings. The Morgan fingerprint density at radius 3 is 2.61 bits per heavy atom. The molecule has 2 heterocycles. The topological polar surface area (TPSA) is 98.1 Å². The van der Waals surface area contributed by atoms with Crippen molar-refractivity contribution in [2.75, 3.05) is 33.4 Å². The molecule has 1 N–H and O–H groups in total. The van der Waals surface area contributed by atoms with E-state index in [2.05, 4.69) is 5.32 Å². The zero-order chi connectivity index (χ0) is 22.2. The van der Waals surface area contributed by atoms with Crippen LogP contribution in [0.3, 0.4) is 0 Å². The minimum atomic E-state index is -4.03. The number of nitrogens with zero attached hydrogens (tertiary/aromatic N) is 1. The van der Waals surface area contributed by atoms with Crippen LogP contribution in [0.1, 0.15) is 0 Å². The zero-order valence-corrected chi connectivity index (χ0v) is 17.9. The molecule has 1 saturated heterocycles. The lowest BCUT2D eigenvalue weighted by Crippen LogP contribution is -2.40. The fourth-order valence-electron chi connectivity index (χ4n) is 3.25. The van der Waals surface area contributed by atoms with Gasteiger partial charge in [0.2, 0.25) is 10.0 Å². The fraction of sp³-hybridized carbons (Fsp3) is 0.250. The van der Waals surface area contributed by atoms with Gasteiger partial charge in [0.1, 0.15) is 10.7 Å². The van der Waals surface area contributed by atoms with Gasteiger partial charge in [0, 0.05) is 31.6 Å². The zero-order valence-electron chi connectivity index (χ0n) is 16.4. The quantitative estimate of drug-likeness (QED) is 0.628. The lowest BCUT2D eigenvalue weighted by Gasteiger charge is -2.26. The molecule has 0 saturated carbocycles. The van der Waals surface area contributed by atoms with Crippen molar-refractivity contribution in [1.82, 2.24) is 9.62 Å². The molecular weight excluding hydrogens is 451 g/mol. The first kappa shape index (κ1) is 21.6. The van der Waals surface area contributed by atoms with E-state index in [4.69, 9.17) is 25.5 Å². The van der Waals surface area contributed by atoms with Crippen LogP contribution in [0.4, 0.5) is 9.18 Å². The number of ether oxygens (including phenoxy) is 2. The molecule has 2 aromatic carbocycles. The standard InChI is InChI=1S/C20H18ClFN2O6S/c1-23-20(25)30-18-11-14-8-13(9-15(21)19(14)29-18)12-2-3-16(22)17(10-12)31(26,27)24-4-6-28-7-5-24/h2-3,8-11H,4-7H2,1H3,(H,23,25). The van der Waals surface area contributed by atoms with E-state index in [-0.39, 0.29) is 37.3 Å². The van der Waals surface area contributed by atoms with Gasteiger partial charge in [-0.1, -0.05) is 17.7 Å². The number of carbonyl (C=O) groups excluding carboxylic acids is 1. The Morgan fingerprint density at radius 2 is 1.90 bits per heavy atom. The number of benzene rings is 2. The Hall–Kier alpha value is -2.66. The number of fused-ring (bicyclic) bond motifs is 1. The van der Waals surface area contributed by atoms with Crippen LogP contribution in [0.15, 0.2) is 45.7 Å². The molecule has 1 aliphatic heterocycles. The summed E-state index contributed by atoms with van der Waals surface area (Å²) >= 11 is 6.31. The van der Waals surface area contributed by atoms with Crippen LogP contribution in [0.5, 0.6) is 5.95 Å². The van der Waals surface area contributed by atoms with Crippen LogP contribution in [0.2, 0.25) is 5.02 Å². The summed E-state index contributed by atoms with van der Waals surface area (Å²) in [5.41, 5.74) is 1.29. The predicted octanol–water partition coefficient (Wildman–Crippen LogP) is 3.63. The van der Waals surface area contributed by atoms with E-state index in [9.17, 15) is 17.6 Å². The number of nitrogens with one attached hydrogen (secondary N) is 1. The molecule has 0 unspecified atom stereocenters. The number of carbonyl (C=O) groups is 1.